The van der Waals surface area contributed by atoms with Crippen LogP contribution in [0.3, 0.4) is 0 Å². The number of carbonyl (C=O) groups is 1. The first-order valence-electron chi connectivity index (χ1n) is 2.53. The van der Waals surface area contributed by atoms with Crippen molar-refractivity contribution in [3.8, 4) is 0 Å². The topological polar surface area (TPSA) is 60.9 Å². The molecule has 0 bridgehead atoms. The Bertz CT molecular complexity index is 182. The molecule has 4 heteroatoms. The molecule has 0 aliphatic carbocycles. The molecule has 48 valence electrons. The van der Waals surface area contributed by atoms with Gasteiger partial charge in [0.15, 0.2) is 6.29 Å². The van der Waals surface area contributed by atoms with Gasteiger partial charge in [-0.25, -0.2) is 4.98 Å². The molecule has 0 aliphatic heterocycles. The van der Waals surface area contributed by atoms with Crippen LogP contribution in [0.15, 0.2) is 18.7 Å². The Morgan fingerprint density at radius 1 is 1.78 bits per heavy atom. The molecule has 0 amide bonds. The summed E-state index contributed by atoms with van der Waals surface area (Å²) in [6.07, 6.45) is 4.77. The molecular weight excluding hydrogens is 118 g/mol. The molecule has 1 heterocycles. The fraction of sp³-hybridized carbons (Fsp3) is 0.200. The van der Waals surface area contributed by atoms with E-state index in [4.69, 9.17) is 5.73 Å². The van der Waals surface area contributed by atoms with Gasteiger partial charge in [-0.15, -0.1) is 0 Å². The minimum Gasteiger partial charge on any atom is -0.315 e. The molecule has 2 N–H and O–H groups in total. The van der Waals surface area contributed by atoms with Crippen molar-refractivity contribution in [2.45, 2.75) is 6.17 Å². The van der Waals surface area contributed by atoms with Gasteiger partial charge < -0.3 is 10.3 Å². The Kier molecular flexibility index (Phi) is 1.60. The fourth-order valence-corrected chi connectivity index (χ4v) is 0.516. The third-order valence-corrected chi connectivity index (χ3v) is 1.01. The maximum Gasteiger partial charge on any atom is 0.157 e. The number of nitrogens with zero attached hydrogens (tertiary/aromatic N) is 2. The molecule has 1 atom stereocenters. The Labute approximate surface area is 52.3 Å². The van der Waals surface area contributed by atoms with Crippen LogP contribution in [-0.2, 0) is 4.79 Å². The van der Waals surface area contributed by atoms with E-state index < -0.39 is 6.17 Å². The smallest absolute Gasteiger partial charge is 0.157 e. The molecule has 0 saturated carbocycles. The van der Waals surface area contributed by atoms with Crippen LogP contribution in [0.25, 0.3) is 0 Å². The van der Waals surface area contributed by atoms with Crippen LogP contribution in [0.2, 0.25) is 0 Å². The highest BCUT2D eigenvalue weighted by atomic mass is 16.1. The molecule has 0 spiro atoms. The monoisotopic (exact) mass is 125 g/mol. The van der Waals surface area contributed by atoms with Crippen LogP contribution >= 0.6 is 0 Å². The van der Waals surface area contributed by atoms with E-state index in [1.54, 1.807) is 12.4 Å². The lowest BCUT2D eigenvalue weighted by atomic mass is 10.6. The van der Waals surface area contributed by atoms with Crippen LogP contribution in [0.1, 0.15) is 6.17 Å². The first-order chi connectivity index (χ1) is 4.34. The summed E-state index contributed by atoms with van der Waals surface area (Å²) in [6.45, 7) is 0. The van der Waals surface area contributed by atoms with Crippen LogP contribution in [-0.4, -0.2) is 15.8 Å². The number of rotatable bonds is 2. The minimum absolute atomic E-state index is 0.590. The summed E-state index contributed by atoms with van der Waals surface area (Å²) in [7, 11) is 0. The van der Waals surface area contributed by atoms with E-state index in [0.29, 0.717) is 6.29 Å². The maximum atomic E-state index is 10.0. The van der Waals surface area contributed by atoms with Gasteiger partial charge >= 0.3 is 0 Å². The summed E-state index contributed by atoms with van der Waals surface area (Å²) in [4.78, 5) is 13.7. The van der Waals surface area contributed by atoms with Crippen molar-refractivity contribution in [1.29, 1.82) is 0 Å². The second-order valence-corrected chi connectivity index (χ2v) is 1.64. The van der Waals surface area contributed by atoms with Gasteiger partial charge in [0.05, 0.1) is 6.33 Å². The molecule has 1 aromatic rings. The zero-order chi connectivity index (χ0) is 6.69. The van der Waals surface area contributed by atoms with Gasteiger partial charge in [0.1, 0.15) is 6.17 Å². The first-order valence-corrected chi connectivity index (χ1v) is 2.53. The molecule has 1 rings (SSSR count). The number of imidazole rings is 1. The van der Waals surface area contributed by atoms with Crippen LogP contribution in [0, 0.1) is 0 Å². The average Bonchev–Trinajstić information content (AvgIpc) is 2.37. The molecule has 9 heavy (non-hydrogen) atoms. The fourth-order valence-electron chi connectivity index (χ4n) is 0.516. The van der Waals surface area contributed by atoms with Crippen molar-refractivity contribution in [2.75, 3.05) is 0 Å². The van der Waals surface area contributed by atoms with E-state index in [2.05, 4.69) is 4.98 Å². The molecule has 0 saturated heterocycles. The summed E-state index contributed by atoms with van der Waals surface area (Å²) in [5.41, 5.74) is 5.29. The van der Waals surface area contributed by atoms with Gasteiger partial charge in [-0.3, -0.25) is 4.79 Å². The maximum absolute atomic E-state index is 10.0. The normalized spacial score (nSPS) is 13.0. The van der Waals surface area contributed by atoms with Gasteiger partial charge in [0.2, 0.25) is 0 Å². The highest BCUT2D eigenvalue weighted by Gasteiger charge is 1.97. The van der Waals surface area contributed by atoms with Crippen molar-refractivity contribution >= 4 is 6.29 Å². The van der Waals surface area contributed by atoms with Crippen LogP contribution < -0.4 is 5.73 Å². The van der Waals surface area contributed by atoms with E-state index >= 15 is 0 Å². The van der Waals surface area contributed by atoms with E-state index in [0.717, 1.165) is 0 Å². The van der Waals surface area contributed by atoms with Crippen LogP contribution in [0.4, 0.5) is 0 Å². The summed E-state index contributed by atoms with van der Waals surface area (Å²) in [5.74, 6) is 0. The molecule has 0 fully saturated rings. The molecule has 1 unspecified atom stereocenters. The molecule has 4 nitrogen and oxygen atoms in total. The summed E-state index contributed by atoms with van der Waals surface area (Å²) in [6, 6.07) is 0. The molecule has 0 radical (unpaired) electrons. The quantitative estimate of drug-likeness (QED) is 0.544. The molecule has 0 aliphatic rings. The number of nitrogens with two attached hydrogens (primary N) is 1. The largest absolute Gasteiger partial charge is 0.315 e. The Balaban J connectivity index is 2.76. The number of aromatic nitrogens is 2. The zero-order valence-corrected chi connectivity index (χ0v) is 4.77. The SMILES string of the molecule is NC(C=O)n1ccnc1. The second-order valence-electron chi connectivity index (χ2n) is 1.64. The van der Waals surface area contributed by atoms with E-state index in [9.17, 15) is 4.79 Å². The van der Waals surface area contributed by atoms with Crippen LogP contribution in [0.5, 0.6) is 0 Å². The minimum atomic E-state index is -0.590. The van der Waals surface area contributed by atoms with Gasteiger partial charge in [-0.05, 0) is 0 Å². The number of aldehydes is 1. The van der Waals surface area contributed by atoms with Crippen molar-refractivity contribution in [3.05, 3.63) is 18.7 Å². The number of hydrogen-bond acceptors (Lipinski definition) is 3. The highest BCUT2D eigenvalue weighted by Crippen LogP contribution is 1.91. The van der Waals surface area contributed by atoms with E-state index in [1.807, 2.05) is 0 Å². The second kappa shape index (κ2) is 2.41. The van der Waals surface area contributed by atoms with E-state index in [1.165, 1.54) is 10.9 Å². The molecule has 1 aromatic heterocycles. The van der Waals surface area contributed by atoms with Crippen molar-refractivity contribution in [2.24, 2.45) is 5.73 Å². The number of carbonyl (C=O) groups excluding carboxylic acids is 1. The third-order valence-electron chi connectivity index (χ3n) is 1.01. The standard InChI is InChI=1S/C5H7N3O/c6-5(3-9)8-2-1-7-4-8/h1-5H,6H2. The zero-order valence-electron chi connectivity index (χ0n) is 4.77. The van der Waals surface area contributed by atoms with E-state index in [-0.39, 0.29) is 0 Å². The third kappa shape index (κ3) is 1.14. The predicted molar refractivity (Wildman–Crippen MR) is 31.5 cm³/mol. The van der Waals surface area contributed by atoms with Gasteiger partial charge in [0.25, 0.3) is 0 Å². The summed E-state index contributed by atoms with van der Waals surface area (Å²) >= 11 is 0. The lowest BCUT2D eigenvalue weighted by Gasteiger charge is -2.01. The lowest BCUT2D eigenvalue weighted by molar-refractivity contribution is -0.110. The summed E-state index contributed by atoms with van der Waals surface area (Å²) in [5, 5.41) is 0. The van der Waals surface area contributed by atoms with Crippen molar-refractivity contribution < 1.29 is 4.79 Å². The Morgan fingerprint density at radius 2 is 2.56 bits per heavy atom. The lowest BCUT2D eigenvalue weighted by Crippen LogP contribution is -2.17. The van der Waals surface area contributed by atoms with Crippen molar-refractivity contribution in [1.82, 2.24) is 9.55 Å². The van der Waals surface area contributed by atoms with Gasteiger partial charge in [-0.1, -0.05) is 0 Å². The number of hydrogen-bond donors (Lipinski definition) is 1. The van der Waals surface area contributed by atoms with Gasteiger partial charge in [0, 0.05) is 12.4 Å². The van der Waals surface area contributed by atoms with Gasteiger partial charge in [-0.2, -0.15) is 0 Å². The Morgan fingerprint density at radius 3 is 3.00 bits per heavy atom. The summed E-state index contributed by atoms with van der Waals surface area (Å²) < 4.78 is 1.52. The molecular formula is C5H7N3O. The van der Waals surface area contributed by atoms with Crippen molar-refractivity contribution in [3.63, 3.8) is 0 Å². The highest BCUT2D eigenvalue weighted by molar-refractivity contribution is 5.54. The average molecular weight is 125 g/mol. The first kappa shape index (κ1) is 5.97. The molecule has 0 aromatic carbocycles. The predicted octanol–water partition coefficient (Wildman–Crippen LogP) is -0.461. The Hall–Kier alpha value is -1.16.